The molecule has 12 nitrogen and oxygen atoms in total. The molecule has 2 aliphatic rings. The molecule has 2 aromatic rings. The van der Waals surface area contributed by atoms with Crippen molar-refractivity contribution in [2.24, 2.45) is 22.8 Å². The Balaban J connectivity index is 1.47. The predicted octanol–water partition coefficient (Wildman–Crippen LogP) is 1.90. The molecule has 2 heterocycles. The predicted molar refractivity (Wildman–Crippen MR) is 197 cm³/mol. The number of carbonyl (C=O) groups excluding carboxylic acids is 5. The Morgan fingerprint density at radius 3 is 1.82 bits per heavy atom. The number of nitrogens with two attached hydrogens (primary N) is 2. The molecule has 0 radical (unpaired) electrons. The van der Waals surface area contributed by atoms with Crippen LogP contribution in [0.5, 0.6) is 0 Å². The van der Waals surface area contributed by atoms with Gasteiger partial charge >= 0.3 is 0 Å². The lowest BCUT2D eigenvalue weighted by Crippen LogP contribution is -2.58. The van der Waals surface area contributed by atoms with Gasteiger partial charge in [-0.2, -0.15) is 0 Å². The smallest absolute Gasteiger partial charge is 0.245 e. The Kier molecular flexibility index (Phi) is 14.6. The molecule has 51 heavy (non-hydrogen) atoms. The van der Waals surface area contributed by atoms with Crippen molar-refractivity contribution in [2.75, 3.05) is 32.7 Å². The van der Waals surface area contributed by atoms with Crippen LogP contribution in [-0.4, -0.2) is 96.2 Å². The Morgan fingerprint density at radius 1 is 0.725 bits per heavy atom. The van der Waals surface area contributed by atoms with Crippen LogP contribution in [0.3, 0.4) is 0 Å². The average Bonchev–Trinajstić information content (AvgIpc) is 3.74. The van der Waals surface area contributed by atoms with E-state index in [0.29, 0.717) is 64.8 Å². The Morgan fingerprint density at radius 2 is 1.25 bits per heavy atom. The normalized spacial score (nSPS) is 19.4. The van der Waals surface area contributed by atoms with Crippen LogP contribution >= 0.6 is 0 Å². The van der Waals surface area contributed by atoms with Gasteiger partial charge in [-0.15, -0.1) is 0 Å². The minimum Gasteiger partial charge on any atom is -0.343 e. The SMILES string of the molecule is CC(=O)N1CCC2(CCN(C(=O)[C@@H](CCCCN)NC(=O)C(CC(C)C)NC(=O)[C@@H](Cc3ccccc3)NC(=O)[C@H](N)Cc3ccccc3)C2)C1. The molecule has 4 rings (SSSR count). The third-order valence-electron chi connectivity index (χ3n) is 10.1. The summed E-state index contributed by atoms with van der Waals surface area (Å²) in [6.07, 6.45) is 4.26. The number of benzene rings is 2. The molecule has 2 saturated heterocycles. The van der Waals surface area contributed by atoms with Gasteiger partial charge in [0, 0.05) is 44.9 Å². The van der Waals surface area contributed by atoms with E-state index < -0.39 is 41.9 Å². The van der Waals surface area contributed by atoms with Crippen molar-refractivity contribution >= 4 is 29.5 Å². The number of nitrogens with zero attached hydrogens (tertiary/aromatic N) is 2. The number of unbranched alkanes of at least 4 members (excludes halogenated alkanes) is 1. The molecule has 2 unspecified atom stereocenters. The quantitative estimate of drug-likeness (QED) is 0.156. The summed E-state index contributed by atoms with van der Waals surface area (Å²) < 4.78 is 0. The molecule has 0 bridgehead atoms. The van der Waals surface area contributed by atoms with Crippen LogP contribution in [0.2, 0.25) is 0 Å². The van der Waals surface area contributed by atoms with Gasteiger partial charge in [0.25, 0.3) is 0 Å². The first-order chi connectivity index (χ1) is 24.4. The first-order valence-electron chi connectivity index (χ1n) is 18.4. The van der Waals surface area contributed by atoms with E-state index in [1.54, 1.807) is 6.92 Å². The van der Waals surface area contributed by atoms with Crippen LogP contribution < -0.4 is 27.4 Å². The van der Waals surface area contributed by atoms with Gasteiger partial charge in [-0.3, -0.25) is 24.0 Å². The maximum atomic E-state index is 14.0. The van der Waals surface area contributed by atoms with Gasteiger partial charge in [0.2, 0.25) is 29.5 Å². The standard InChI is InChI=1S/C39H57N7O5/c1-27(2)22-33(36(49)42-32(16-10-11-19-40)38(51)46-21-18-39(26-46)17-20-45(25-39)28(3)47)44-37(50)34(24-30-14-8-5-9-15-30)43-35(48)31(41)23-29-12-6-4-7-13-29/h4-9,12-15,27,31-34H,10-11,16-26,40-41H2,1-3H3,(H,42,49)(H,43,48)(H,44,50)/t31-,32-,33?,34-,39?/m1/s1. The third kappa shape index (κ3) is 11.6. The lowest BCUT2D eigenvalue weighted by atomic mass is 9.86. The summed E-state index contributed by atoms with van der Waals surface area (Å²) in [5.41, 5.74) is 13.7. The van der Waals surface area contributed by atoms with Gasteiger partial charge in [-0.25, -0.2) is 0 Å². The van der Waals surface area contributed by atoms with E-state index in [1.807, 2.05) is 84.3 Å². The highest BCUT2D eigenvalue weighted by Crippen LogP contribution is 2.39. The van der Waals surface area contributed by atoms with Crippen molar-refractivity contribution in [3.63, 3.8) is 0 Å². The van der Waals surface area contributed by atoms with E-state index >= 15 is 0 Å². The van der Waals surface area contributed by atoms with Gasteiger partial charge < -0.3 is 37.2 Å². The topological polar surface area (TPSA) is 180 Å². The number of likely N-dealkylation sites (tertiary alicyclic amines) is 2. The van der Waals surface area contributed by atoms with Crippen molar-refractivity contribution in [3.05, 3.63) is 71.8 Å². The van der Waals surface area contributed by atoms with E-state index in [-0.39, 0.29) is 29.6 Å². The molecule has 5 atom stereocenters. The minimum absolute atomic E-state index is 0.0407. The van der Waals surface area contributed by atoms with E-state index in [4.69, 9.17) is 11.5 Å². The van der Waals surface area contributed by atoms with Gasteiger partial charge in [-0.1, -0.05) is 74.5 Å². The highest BCUT2D eigenvalue weighted by molar-refractivity contribution is 5.95. The first-order valence-corrected chi connectivity index (χ1v) is 18.4. The summed E-state index contributed by atoms with van der Waals surface area (Å²) in [5.74, 6) is -1.51. The van der Waals surface area contributed by atoms with E-state index in [2.05, 4.69) is 16.0 Å². The molecule has 2 aliphatic heterocycles. The Bertz CT molecular complexity index is 1470. The fourth-order valence-electron chi connectivity index (χ4n) is 7.18. The second kappa shape index (κ2) is 18.8. The van der Waals surface area contributed by atoms with E-state index in [0.717, 1.165) is 24.0 Å². The van der Waals surface area contributed by atoms with Crippen LogP contribution in [0.25, 0.3) is 0 Å². The lowest BCUT2D eigenvalue weighted by molar-refractivity contribution is -0.137. The summed E-state index contributed by atoms with van der Waals surface area (Å²) in [4.78, 5) is 70.9. The molecule has 0 aliphatic carbocycles. The number of hydrogen-bond donors (Lipinski definition) is 5. The van der Waals surface area contributed by atoms with Gasteiger partial charge in [0.05, 0.1) is 6.04 Å². The molecule has 0 aromatic heterocycles. The van der Waals surface area contributed by atoms with Crippen molar-refractivity contribution in [2.45, 2.75) is 96.3 Å². The number of rotatable bonds is 17. The fraction of sp³-hybridized carbons (Fsp3) is 0.564. The molecule has 7 N–H and O–H groups in total. The lowest BCUT2D eigenvalue weighted by Gasteiger charge is -2.29. The van der Waals surface area contributed by atoms with Crippen molar-refractivity contribution < 1.29 is 24.0 Å². The largest absolute Gasteiger partial charge is 0.343 e. The summed E-state index contributed by atoms with van der Waals surface area (Å²) >= 11 is 0. The molecule has 5 amide bonds. The van der Waals surface area contributed by atoms with Crippen molar-refractivity contribution in [1.82, 2.24) is 25.8 Å². The minimum atomic E-state index is -0.993. The van der Waals surface area contributed by atoms with Gasteiger partial charge in [-0.05, 0) is 68.5 Å². The third-order valence-corrected chi connectivity index (χ3v) is 10.1. The van der Waals surface area contributed by atoms with Crippen LogP contribution in [0.4, 0.5) is 0 Å². The number of amides is 5. The van der Waals surface area contributed by atoms with E-state index in [9.17, 15) is 24.0 Å². The first kappa shape index (κ1) is 39.5. The molecular formula is C39H57N7O5. The summed E-state index contributed by atoms with van der Waals surface area (Å²) in [5, 5.41) is 8.74. The molecular weight excluding hydrogens is 646 g/mol. The van der Waals surface area contributed by atoms with Crippen molar-refractivity contribution in [3.8, 4) is 0 Å². The second-order valence-corrected chi connectivity index (χ2v) is 14.8. The Labute approximate surface area is 302 Å². The van der Waals surface area contributed by atoms with Crippen LogP contribution in [0.1, 0.15) is 70.4 Å². The molecule has 0 saturated carbocycles. The number of hydrogen-bond acceptors (Lipinski definition) is 7. The fourth-order valence-corrected chi connectivity index (χ4v) is 7.18. The Hall–Kier alpha value is -4.29. The maximum absolute atomic E-state index is 14.0. The monoisotopic (exact) mass is 703 g/mol. The van der Waals surface area contributed by atoms with Crippen LogP contribution in [0.15, 0.2) is 60.7 Å². The number of carbonyl (C=O) groups is 5. The zero-order chi connectivity index (χ0) is 37.0. The van der Waals surface area contributed by atoms with Crippen molar-refractivity contribution in [1.29, 1.82) is 0 Å². The van der Waals surface area contributed by atoms with Crippen LogP contribution in [-0.2, 0) is 36.8 Å². The van der Waals surface area contributed by atoms with Gasteiger partial charge in [0.15, 0.2) is 0 Å². The second-order valence-electron chi connectivity index (χ2n) is 14.8. The zero-order valence-electron chi connectivity index (χ0n) is 30.4. The zero-order valence-corrected chi connectivity index (χ0v) is 30.4. The van der Waals surface area contributed by atoms with Gasteiger partial charge in [0.1, 0.15) is 18.1 Å². The van der Waals surface area contributed by atoms with E-state index in [1.165, 1.54) is 0 Å². The summed E-state index contributed by atoms with van der Waals surface area (Å²) in [7, 11) is 0. The molecule has 12 heteroatoms. The summed E-state index contributed by atoms with van der Waals surface area (Å²) in [6, 6.07) is 15.2. The molecule has 2 aromatic carbocycles. The number of nitrogens with one attached hydrogen (secondary N) is 3. The highest BCUT2D eigenvalue weighted by Gasteiger charge is 2.46. The summed E-state index contributed by atoms with van der Waals surface area (Å²) in [6.45, 7) is 8.39. The molecule has 1 spiro atoms. The van der Waals surface area contributed by atoms with Crippen LogP contribution in [0, 0.1) is 11.3 Å². The highest BCUT2D eigenvalue weighted by atomic mass is 16.2. The molecule has 278 valence electrons. The average molecular weight is 704 g/mol. The molecule has 2 fully saturated rings. The maximum Gasteiger partial charge on any atom is 0.245 e.